The molecule has 3 rings (SSSR count). The van der Waals surface area contributed by atoms with Crippen LogP contribution in [0, 0.1) is 5.82 Å². The fraction of sp³-hybridized carbons (Fsp3) is 0.188. The van der Waals surface area contributed by atoms with Gasteiger partial charge in [-0.3, -0.25) is 9.36 Å². The summed E-state index contributed by atoms with van der Waals surface area (Å²) >= 11 is 0. The molecule has 0 saturated carbocycles. The Balaban J connectivity index is 2.11. The second-order valence-electron chi connectivity index (χ2n) is 4.68. The first-order valence-corrected chi connectivity index (χ1v) is 6.92. The minimum absolute atomic E-state index is 0.00800. The van der Waals surface area contributed by atoms with Gasteiger partial charge in [0.2, 0.25) is 0 Å². The Bertz CT molecular complexity index is 812. The molecule has 22 heavy (non-hydrogen) atoms. The fourth-order valence-corrected chi connectivity index (χ4v) is 2.26. The topological polar surface area (TPSA) is 57.0 Å². The van der Waals surface area contributed by atoms with E-state index in [0.29, 0.717) is 29.2 Å². The zero-order valence-corrected chi connectivity index (χ0v) is 12.0. The number of aromatic nitrogens is 3. The van der Waals surface area contributed by atoms with Crippen molar-refractivity contribution in [1.29, 1.82) is 0 Å². The first-order chi connectivity index (χ1) is 10.7. The van der Waals surface area contributed by atoms with Gasteiger partial charge in [-0.2, -0.15) is 0 Å². The number of hydrogen-bond acceptors (Lipinski definition) is 4. The number of benzene rings is 1. The van der Waals surface area contributed by atoms with Gasteiger partial charge < -0.3 is 4.74 Å². The van der Waals surface area contributed by atoms with E-state index in [0.717, 1.165) is 0 Å². The second kappa shape index (κ2) is 5.93. The molecule has 5 nitrogen and oxygen atoms in total. The summed E-state index contributed by atoms with van der Waals surface area (Å²) in [5, 5.41) is 0. The molecule has 112 valence electrons. The number of pyridine rings is 1. The van der Waals surface area contributed by atoms with Crippen LogP contribution in [0.3, 0.4) is 0 Å². The lowest BCUT2D eigenvalue weighted by atomic mass is 10.2. The molecule has 1 aromatic carbocycles. The van der Waals surface area contributed by atoms with Gasteiger partial charge in [0.25, 0.3) is 0 Å². The molecule has 0 aliphatic carbocycles. The van der Waals surface area contributed by atoms with Crippen molar-refractivity contribution in [3.05, 3.63) is 48.4 Å². The molecular formula is C16H14FN3O2. The SMILES string of the molecule is CCOC(=O)Cn1c(-c2ccc(F)cc2)nc2cccnc21. The van der Waals surface area contributed by atoms with Crippen LogP contribution in [-0.2, 0) is 16.1 Å². The average Bonchev–Trinajstić information content (AvgIpc) is 2.87. The van der Waals surface area contributed by atoms with Gasteiger partial charge in [0.05, 0.1) is 6.61 Å². The number of carbonyl (C=O) groups excluding carboxylic acids is 1. The predicted octanol–water partition coefficient (Wildman–Crippen LogP) is 2.80. The van der Waals surface area contributed by atoms with E-state index in [9.17, 15) is 9.18 Å². The lowest BCUT2D eigenvalue weighted by Gasteiger charge is -2.08. The van der Waals surface area contributed by atoms with Crippen LogP contribution in [0.25, 0.3) is 22.6 Å². The Morgan fingerprint density at radius 3 is 2.77 bits per heavy atom. The zero-order chi connectivity index (χ0) is 15.5. The van der Waals surface area contributed by atoms with Gasteiger partial charge in [-0.05, 0) is 43.3 Å². The Morgan fingerprint density at radius 2 is 2.05 bits per heavy atom. The normalized spacial score (nSPS) is 10.8. The Hall–Kier alpha value is -2.76. The van der Waals surface area contributed by atoms with Gasteiger partial charge in [0.15, 0.2) is 5.65 Å². The third kappa shape index (κ3) is 2.67. The maximum Gasteiger partial charge on any atom is 0.326 e. The lowest BCUT2D eigenvalue weighted by Crippen LogP contribution is -2.14. The van der Waals surface area contributed by atoms with E-state index < -0.39 is 0 Å². The highest BCUT2D eigenvalue weighted by atomic mass is 19.1. The third-order valence-corrected chi connectivity index (χ3v) is 3.20. The van der Waals surface area contributed by atoms with E-state index >= 15 is 0 Å². The van der Waals surface area contributed by atoms with E-state index in [2.05, 4.69) is 9.97 Å². The lowest BCUT2D eigenvalue weighted by molar-refractivity contribution is -0.143. The van der Waals surface area contributed by atoms with Gasteiger partial charge in [0, 0.05) is 11.8 Å². The van der Waals surface area contributed by atoms with E-state index in [1.807, 2.05) is 6.07 Å². The van der Waals surface area contributed by atoms with Crippen LogP contribution in [-0.4, -0.2) is 27.1 Å². The van der Waals surface area contributed by atoms with Gasteiger partial charge in [-0.25, -0.2) is 14.4 Å². The van der Waals surface area contributed by atoms with Gasteiger partial charge in [-0.1, -0.05) is 0 Å². The summed E-state index contributed by atoms with van der Waals surface area (Å²) in [6.07, 6.45) is 1.64. The molecule has 0 atom stereocenters. The van der Waals surface area contributed by atoms with Crippen molar-refractivity contribution in [2.75, 3.05) is 6.61 Å². The minimum atomic E-state index is -0.365. The summed E-state index contributed by atoms with van der Waals surface area (Å²) in [6.45, 7) is 2.07. The van der Waals surface area contributed by atoms with Crippen LogP contribution >= 0.6 is 0 Å². The monoisotopic (exact) mass is 299 g/mol. The van der Waals surface area contributed by atoms with Crippen molar-refractivity contribution < 1.29 is 13.9 Å². The van der Waals surface area contributed by atoms with E-state index in [1.165, 1.54) is 12.1 Å². The number of halogens is 1. The Kier molecular flexibility index (Phi) is 3.82. The highest BCUT2D eigenvalue weighted by Crippen LogP contribution is 2.23. The van der Waals surface area contributed by atoms with Crippen molar-refractivity contribution in [3.8, 4) is 11.4 Å². The van der Waals surface area contributed by atoms with Crippen LogP contribution in [0.2, 0.25) is 0 Å². The molecule has 0 saturated heterocycles. The standard InChI is InChI=1S/C16H14FN3O2/c1-2-22-14(21)10-20-15(11-5-7-12(17)8-6-11)19-13-4-3-9-18-16(13)20/h3-9H,2,10H2,1H3. The molecule has 0 radical (unpaired) electrons. The average molecular weight is 299 g/mol. The number of nitrogens with zero attached hydrogens (tertiary/aromatic N) is 3. The molecule has 2 heterocycles. The highest BCUT2D eigenvalue weighted by Gasteiger charge is 2.16. The fourth-order valence-electron chi connectivity index (χ4n) is 2.26. The maximum absolute atomic E-state index is 13.1. The van der Waals surface area contributed by atoms with E-state index in [4.69, 9.17) is 4.74 Å². The summed E-state index contributed by atoms with van der Waals surface area (Å²) in [5.74, 6) is -0.132. The maximum atomic E-state index is 13.1. The molecule has 3 aromatic rings. The largest absolute Gasteiger partial charge is 0.465 e. The summed E-state index contributed by atoms with van der Waals surface area (Å²) in [6, 6.07) is 9.56. The predicted molar refractivity (Wildman–Crippen MR) is 79.6 cm³/mol. The zero-order valence-electron chi connectivity index (χ0n) is 12.0. The summed E-state index contributed by atoms with van der Waals surface area (Å²) in [5.41, 5.74) is 1.98. The molecule has 0 spiro atoms. The van der Waals surface area contributed by atoms with Crippen molar-refractivity contribution in [2.45, 2.75) is 13.5 Å². The van der Waals surface area contributed by atoms with Crippen LogP contribution < -0.4 is 0 Å². The third-order valence-electron chi connectivity index (χ3n) is 3.20. The number of rotatable bonds is 4. The summed E-state index contributed by atoms with van der Waals surface area (Å²) in [7, 11) is 0. The molecule has 0 bridgehead atoms. The van der Waals surface area contributed by atoms with Crippen LogP contribution in [0.1, 0.15) is 6.92 Å². The van der Waals surface area contributed by atoms with Gasteiger partial charge in [-0.15, -0.1) is 0 Å². The molecule has 0 aliphatic rings. The first kappa shape index (κ1) is 14.2. The van der Waals surface area contributed by atoms with Crippen molar-refractivity contribution in [3.63, 3.8) is 0 Å². The number of carbonyl (C=O) groups is 1. The molecule has 0 amide bonds. The van der Waals surface area contributed by atoms with Crippen LogP contribution in [0.5, 0.6) is 0 Å². The number of esters is 1. The molecule has 2 aromatic heterocycles. The molecular weight excluding hydrogens is 285 g/mol. The van der Waals surface area contributed by atoms with Crippen LogP contribution in [0.15, 0.2) is 42.6 Å². The minimum Gasteiger partial charge on any atom is -0.465 e. The second-order valence-corrected chi connectivity index (χ2v) is 4.68. The smallest absolute Gasteiger partial charge is 0.326 e. The Morgan fingerprint density at radius 1 is 1.27 bits per heavy atom. The van der Waals surface area contributed by atoms with E-state index in [-0.39, 0.29) is 18.3 Å². The first-order valence-electron chi connectivity index (χ1n) is 6.92. The quantitative estimate of drug-likeness (QED) is 0.695. The Labute approximate surface area is 126 Å². The molecule has 0 N–H and O–H groups in total. The molecule has 0 unspecified atom stereocenters. The van der Waals surface area contributed by atoms with Gasteiger partial charge in [0.1, 0.15) is 23.7 Å². The summed E-state index contributed by atoms with van der Waals surface area (Å²) in [4.78, 5) is 20.6. The number of ether oxygens (including phenoxy) is 1. The van der Waals surface area contributed by atoms with Crippen molar-refractivity contribution in [1.82, 2.24) is 14.5 Å². The highest BCUT2D eigenvalue weighted by molar-refractivity contribution is 5.80. The van der Waals surface area contributed by atoms with Crippen molar-refractivity contribution >= 4 is 17.1 Å². The van der Waals surface area contributed by atoms with Crippen molar-refractivity contribution in [2.24, 2.45) is 0 Å². The summed E-state index contributed by atoms with van der Waals surface area (Å²) < 4.78 is 19.8. The van der Waals surface area contributed by atoms with Crippen LogP contribution in [0.4, 0.5) is 4.39 Å². The van der Waals surface area contributed by atoms with Gasteiger partial charge >= 0.3 is 5.97 Å². The van der Waals surface area contributed by atoms with E-state index in [1.54, 1.807) is 35.9 Å². The molecule has 6 heteroatoms. The number of hydrogen-bond donors (Lipinski definition) is 0. The number of imidazole rings is 1. The molecule has 0 fully saturated rings. The number of fused-ring (bicyclic) bond motifs is 1. The molecule has 0 aliphatic heterocycles.